The van der Waals surface area contributed by atoms with E-state index in [0.29, 0.717) is 17.8 Å². The van der Waals surface area contributed by atoms with Crippen LogP contribution in [0.1, 0.15) is 64.4 Å². The van der Waals surface area contributed by atoms with E-state index in [0.717, 1.165) is 57.2 Å². The largest absolute Gasteiger partial charge is 0.393 e. The summed E-state index contributed by atoms with van der Waals surface area (Å²) in [6, 6.07) is 8.51. The van der Waals surface area contributed by atoms with Crippen molar-refractivity contribution in [1.29, 1.82) is 0 Å². The number of fused-ring (bicyclic) bond motifs is 1. The van der Waals surface area contributed by atoms with Gasteiger partial charge in [-0.25, -0.2) is 0 Å². The van der Waals surface area contributed by atoms with Gasteiger partial charge in [-0.2, -0.15) is 0 Å². The van der Waals surface area contributed by atoms with E-state index in [9.17, 15) is 10.2 Å². The molecule has 3 N–H and O–H groups in total. The Balaban J connectivity index is 1.54. The van der Waals surface area contributed by atoms with E-state index in [2.05, 4.69) is 56.9 Å². The summed E-state index contributed by atoms with van der Waals surface area (Å²) in [6.07, 6.45) is 6.58. The average Bonchev–Trinajstić information content (AvgIpc) is 2.98. The van der Waals surface area contributed by atoms with Gasteiger partial charge >= 0.3 is 0 Å². The summed E-state index contributed by atoms with van der Waals surface area (Å²) < 4.78 is 0. The summed E-state index contributed by atoms with van der Waals surface area (Å²) >= 11 is 0. The highest BCUT2D eigenvalue weighted by atomic mass is 16.3. The van der Waals surface area contributed by atoms with E-state index in [-0.39, 0.29) is 23.0 Å². The molecule has 160 valence electrons. The molecule has 0 amide bonds. The first kappa shape index (κ1) is 20.9. The minimum atomic E-state index is -0.255. The smallest absolute Gasteiger partial charge is 0.0610 e. The molecule has 1 aromatic carbocycles. The fourth-order valence-corrected chi connectivity index (χ4v) is 6.93. The highest BCUT2D eigenvalue weighted by Crippen LogP contribution is 2.61. The zero-order valence-corrected chi connectivity index (χ0v) is 18.5. The van der Waals surface area contributed by atoms with Gasteiger partial charge < -0.3 is 15.5 Å². The van der Waals surface area contributed by atoms with Gasteiger partial charge in [-0.05, 0) is 98.1 Å². The van der Waals surface area contributed by atoms with Crippen LogP contribution < -0.4 is 5.32 Å². The molecule has 3 aliphatic rings. The Morgan fingerprint density at radius 3 is 2.66 bits per heavy atom. The van der Waals surface area contributed by atoms with Gasteiger partial charge in [0.25, 0.3) is 0 Å². The fourth-order valence-electron chi connectivity index (χ4n) is 6.93. The van der Waals surface area contributed by atoms with Gasteiger partial charge in [0.2, 0.25) is 0 Å². The predicted octanol–water partition coefficient (Wildman–Crippen LogP) is 5.32. The van der Waals surface area contributed by atoms with Gasteiger partial charge in [0, 0.05) is 12.2 Å². The number of hydrogen-bond donors (Lipinski definition) is 3. The summed E-state index contributed by atoms with van der Waals surface area (Å²) in [4.78, 5) is 0. The van der Waals surface area contributed by atoms with Gasteiger partial charge in [0.1, 0.15) is 0 Å². The third-order valence-corrected chi connectivity index (χ3v) is 9.11. The molecule has 3 heteroatoms. The van der Waals surface area contributed by atoms with Gasteiger partial charge in [-0.15, -0.1) is 0 Å². The molecule has 29 heavy (non-hydrogen) atoms. The quantitative estimate of drug-likeness (QED) is 0.603. The number of aliphatic hydroxyl groups excluding tert-OH is 2. The molecule has 3 saturated carbocycles. The molecule has 0 heterocycles. The number of nitrogens with one attached hydrogen (secondary N) is 1. The summed E-state index contributed by atoms with van der Waals surface area (Å²) in [5.41, 5.74) is 3.93. The Bertz CT molecular complexity index is 761. The first-order valence-electron chi connectivity index (χ1n) is 11.6. The van der Waals surface area contributed by atoms with Crippen molar-refractivity contribution in [3.8, 4) is 0 Å². The van der Waals surface area contributed by atoms with Crippen LogP contribution in [-0.4, -0.2) is 29.0 Å². The van der Waals surface area contributed by atoms with Crippen molar-refractivity contribution < 1.29 is 10.2 Å². The average molecular weight is 398 g/mol. The minimum Gasteiger partial charge on any atom is -0.393 e. The Kier molecular flexibility index (Phi) is 5.59. The second-order valence-electron chi connectivity index (χ2n) is 10.7. The molecule has 3 nitrogen and oxygen atoms in total. The monoisotopic (exact) mass is 397 g/mol. The van der Waals surface area contributed by atoms with Crippen LogP contribution in [0, 0.1) is 35.5 Å². The van der Waals surface area contributed by atoms with Crippen molar-refractivity contribution in [3.05, 3.63) is 42.0 Å². The maximum atomic E-state index is 11.5. The molecule has 0 spiro atoms. The van der Waals surface area contributed by atoms with Gasteiger partial charge in [-0.1, -0.05) is 38.1 Å². The van der Waals surface area contributed by atoms with Crippen molar-refractivity contribution in [2.45, 2.75) is 77.9 Å². The lowest BCUT2D eigenvalue weighted by Gasteiger charge is -2.55. The van der Waals surface area contributed by atoms with Crippen LogP contribution >= 0.6 is 0 Å². The Morgan fingerprint density at radius 2 is 1.90 bits per heavy atom. The van der Waals surface area contributed by atoms with Gasteiger partial charge in [-0.3, -0.25) is 0 Å². The number of aliphatic hydroxyl groups is 2. The van der Waals surface area contributed by atoms with Crippen LogP contribution in [0.3, 0.4) is 0 Å². The van der Waals surface area contributed by atoms with Crippen molar-refractivity contribution in [2.75, 3.05) is 11.9 Å². The zero-order chi connectivity index (χ0) is 20.8. The van der Waals surface area contributed by atoms with Crippen LogP contribution in [0.5, 0.6) is 0 Å². The number of aryl methyl sites for hydroxylation is 1. The molecule has 4 rings (SSSR count). The molecular weight excluding hydrogens is 358 g/mol. The minimum absolute atomic E-state index is 0.0563. The van der Waals surface area contributed by atoms with Crippen LogP contribution in [0.15, 0.2) is 36.4 Å². The maximum Gasteiger partial charge on any atom is 0.0610 e. The number of anilines is 1. The molecule has 2 unspecified atom stereocenters. The van der Waals surface area contributed by atoms with E-state index in [1.165, 1.54) is 11.1 Å². The molecule has 0 bridgehead atoms. The molecule has 0 radical (unpaired) electrons. The van der Waals surface area contributed by atoms with Crippen LogP contribution in [0.2, 0.25) is 0 Å². The van der Waals surface area contributed by atoms with Gasteiger partial charge in [0.05, 0.1) is 12.2 Å². The molecule has 3 aliphatic carbocycles. The lowest BCUT2D eigenvalue weighted by molar-refractivity contribution is -0.116. The highest BCUT2D eigenvalue weighted by Gasteiger charge is 2.56. The molecule has 0 saturated heterocycles. The standard InChI is InChI=1S/C26H39NO2/c1-17-6-5-7-20(14-17)27-16-19-15-21(28)10-12-26(19,4)23-11-13-25(3)18(2)8-9-22(25)24(23)29/h5-7,14,19,21-24,27-29H,2,8-13,15-16H2,1,3-4H3/t19-,21+,22?,23?,24-,25+,26+/m1/s1. The van der Waals surface area contributed by atoms with E-state index in [1.54, 1.807) is 0 Å². The normalized spacial score (nSPS) is 42.5. The maximum absolute atomic E-state index is 11.5. The molecule has 0 aliphatic heterocycles. The summed E-state index contributed by atoms with van der Waals surface area (Å²) in [7, 11) is 0. The third-order valence-electron chi connectivity index (χ3n) is 9.11. The summed E-state index contributed by atoms with van der Waals surface area (Å²) in [5.74, 6) is 1.02. The Morgan fingerprint density at radius 1 is 1.10 bits per heavy atom. The number of allylic oxidation sites excluding steroid dienone is 1. The lowest BCUT2D eigenvalue weighted by Crippen LogP contribution is -2.53. The SMILES string of the molecule is C=C1CCC2[C@@H](O)C([C@@]3(C)CC[C@H](O)C[C@@H]3CNc3cccc(C)c3)CC[C@@]12C. The number of rotatable bonds is 4. The second kappa shape index (κ2) is 7.74. The predicted molar refractivity (Wildman–Crippen MR) is 120 cm³/mol. The van der Waals surface area contributed by atoms with Crippen molar-refractivity contribution in [2.24, 2.45) is 28.6 Å². The molecule has 3 fully saturated rings. The third kappa shape index (κ3) is 3.65. The topological polar surface area (TPSA) is 52.5 Å². The first-order valence-corrected chi connectivity index (χ1v) is 11.6. The van der Waals surface area contributed by atoms with E-state index in [4.69, 9.17) is 0 Å². The van der Waals surface area contributed by atoms with E-state index in [1.807, 2.05) is 0 Å². The van der Waals surface area contributed by atoms with E-state index < -0.39 is 0 Å². The van der Waals surface area contributed by atoms with Crippen molar-refractivity contribution in [1.82, 2.24) is 0 Å². The molecule has 1 aromatic rings. The highest BCUT2D eigenvalue weighted by molar-refractivity contribution is 5.45. The van der Waals surface area contributed by atoms with Gasteiger partial charge in [0.15, 0.2) is 0 Å². The van der Waals surface area contributed by atoms with Crippen LogP contribution in [0.25, 0.3) is 0 Å². The fraction of sp³-hybridized carbons (Fsp3) is 0.692. The van der Waals surface area contributed by atoms with Crippen molar-refractivity contribution >= 4 is 5.69 Å². The molecule has 0 aromatic heterocycles. The van der Waals surface area contributed by atoms with Crippen LogP contribution in [-0.2, 0) is 0 Å². The zero-order valence-electron chi connectivity index (χ0n) is 18.5. The Hall–Kier alpha value is -1.32. The number of benzene rings is 1. The van der Waals surface area contributed by atoms with E-state index >= 15 is 0 Å². The number of hydrogen-bond acceptors (Lipinski definition) is 3. The Labute approximate surface area is 176 Å². The molecular formula is C26H39NO2. The summed E-state index contributed by atoms with van der Waals surface area (Å²) in [5, 5.41) is 25.6. The second-order valence-corrected chi connectivity index (χ2v) is 10.7. The van der Waals surface area contributed by atoms with Crippen LogP contribution in [0.4, 0.5) is 5.69 Å². The molecule has 7 atom stereocenters. The summed E-state index contributed by atoms with van der Waals surface area (Å²) in [6.45, 7) is 12.0. The first-order chi connectivity index (χ1) is 13.7. The lowest BCUT2D eigenvalue weighted by atomic mass is 9.52. The van der Waals surface area contributed by atoms with Crippen molar-refractivity contribution in [3.63, 3.8) is 0 Å².